The lowest BCUT2D eigenvalue weighted by molar-refractivity contribution is -0.126. The summed E-state index contributed by atoms with van der Waals surface area (Å²) in [5.74, 6) is 0.714. The van der Waals surface area contributed by atoms with E-state index in [1.54, 1.807) is 7.11 Å². The molecule has 1 aliphatic rings. The third-order valence-corrected chi connectivity index (χ3v) is 5.39. The van der Waals surface area contributed by atoms with Gasteiger partial charge in [-0.2, -0.15) is 0 Å². The predicted octanol–water partition coefficient (Wildman–Crippen LogP) is 3.82. The third-order valence-electron chi connectivity index (χ3n) is 5.02. The Kier molecular flexibility index (Phi) is 7.71. The number of hydrogen-bond donors (Lipinski definition) is 1. The van der Waals surface area contributed by atoms with Crippen molar-refractivity contribution in [3.63, 3.8) is 0 Å². The van der Waals surface area contributed by atoms with Crippen molar-refractivity contribution in [1.82, 2.24) is 10.2 Å². The van der Waals surface area contributed by atoms with Gasteiger partial charge < -0.3 is 14.8 Å². The molecule has 28 heavy (non-hydrogen) atoms. The lowest BCUT2D eigenvalue weighted by Crippen LogP contribution is -2.38. The summed E-state index contributed by atoms with van der Waals surface area (Å²) in [5.41, 5.74) is 2.06. The van der Waals surface area contributed by atoms with Crippen molar-refractivity contribution in [3.05, 3.63) is 64.7 Å². The maximum Gasteiger partial charge on any atom is 0.246 e. The summed E-state index contributed by atoms with van der Waals surface area (Å²) in [6.07, 6.45) is 2.39. The lowest BCUT2D eigenvalue weighted by atomic mass is 10.1. The molecule has 1 N–H and O–H groups in total. The Morgan fingerprint density at radius 3 is 2.54 bits per heavy atom. The minimum absolute atomic E-state index is 0.0144. The first-order valence-electron chi connectivity index (χ1n) is 9.63. The van der Waals surface area contributed by atoms with Crippen molar-refractivity contribution in [2.75, 3.05) is 33.4 Å². The van der Waals surface area contributed by atoms with Crippen LogP contribution in [0.3, 0.4) is 0 Å². The molecule has 0 aliphatic carbocycles. The van der Waals surface area contributed by atoms with Gasteiger partial charge in [-0.25, -0.2) is 0 Å². The highest BCUT2D eigenvalue weighted by molar-refractivity contribution is 6.31. The number of carbonyl (C=O) groups excluding carboxylic acids is 1. The van der Waals surface area contributed by atoms with Crippen molar-refractivity contribution in [3.8, 4) is 5.75 Å². The topological polar surface area (TPSA) is 50.8 Å². The Bertz CT molecular complexity index is 761. The fourth-order valence-corrected chi connectivity index (χ4v) is 3.66. The van der Waals surface area contributed by atoms with Crippen LogP contribution in [-0.4, -0.2) is 44.2 Å². The molecule has 150 valence electrons. The normalized spacial score (nSPS) is 15.4. The number of amides is 1. The summed E-state index contributed by atoms with van der Waals surface area (Å²) < 4.78 is 10.8. The van der Waals surface area contributed by atoms with Crippen LogP contribution in [0.15, 0.2) is 48.5 Å². The zero-order chi connectivity index (χ0) is 19.8. The first kappa shape index (κ1) is 20.6. The Hall–Kier alpha value is -2.08. The van der Waals surface area contributed by atoms with E-state index < -0.39 is 0 Å². The van der Waals surface area contributed by atoms with Crippen LogP contribution in [0.4, 0.5) is 0 Å². The Labute approximate surface area is 171 Å². The average Bonchev–Trinajstić information content (AvgIpc) is 3.24. The van der Waals surface area contributed by atoms with Crippen molar-refractivity contribution in [2.24, 2.45) is 0 Å². The number of carbonyl (C=O) groups is 1. The predicted molar refractivity (Wildman–Crippen MR) is 111 cm³/mol. The van der Waals surface area contributed by atoms with Gasteiger partial charge in [0, 0.05) is 11.6 Å². The van der Waals surface area contributed by atoms with E-state index in [2.05, 4.69) is 22.3 Å². The van der Waals surface area contributed by atoms with E-state index in [0.29, 0.717) is 18.2 Å². The molecule has 0 radical (unpaired) electrons. The second-order valence-corrected chi connectivity index (χ2v) is 7.33. The smallest absolute Gasteiger partial charge is 0.246 e. The van der Waals surface area contributed by atoms with Crippen molar-refractivity contribution in [1.29, 1.82) is 0 Å². The minimum atomic E-state index is -0.121. The van der Waals surface area contributed by atoms with Gasteiger partial charge >= 0.3 is 0 Å². The van der Waals surface area contributed by atoms with Gasteiger partial charge in [0.15, 0.2) is 0 Å². The van der Waals surface area contributed by atoms with Crippen LogP contribution in [0, 0.1) is 0 Å². The molecule has 1 heterocycles. The number of hydrogen-bond acceptors (Lipinski definition) is 4. The third kappa shape index (κ3) is 5.71. The Morgan fingerprint density at radius 2 is 1.86 bits per heavy atom. The van der Waals surface area contributed by atoms with E-state index in [-0.39, 0.29) is 18.6 Å². The second kappa shape index (κ2) is 10.5. The molecule has 0 spiro atoms. The number of methoxy groups -OCH3 is 1. The van der Waals surface area contributed by atoms with E-state index in [0.717, 1.165) is 24.4 Å². The maximum absolute atomic E-state index is 12.3. The Balaban J connectivity index is 1.52. The van der Waals surface area contributed by atoms with Crippen molar-refractivity contribution >= 4 is 17.5 Å². The highest BCUT2D eigenvalue weighted by Crippen LogP contribution is 2.26. The zero-order valence-electron chi connectivity index (χ0n) is 16.2. The van der Waals surface area contributed by atoms with Crippen LogP contribution >= 0.6 is 11.6 Å². The zero-order valence-corrected chi connectivity index (χ0v) is 17.0. The highest BCUT2D eigenvalue weighted by Gasteiger charge is 2.24. The molecule has 1 atom stereocenters. The molecule has 3 rings (SSSR count). The summed E-state index contributed by atoms with van der Waals surface area (Å²) >= 11 is 6.11. The molecule has 1 saturated heterocycles. The number of nitrogens with zero attached hydrogens (tertiary/aromatic N) is 1. The van der Waals surface area contributed by atoms with Crippen molar-refractivity contribution in [2.45, 2.75) is 25.5 Å². The molecule has 2 aromatic carbocycles. The van der Waals surface area contributed by atoms with Crippen LogP contribution < -0.4 is 10.1 Å². The molecular formula is C22H27ClN2O3. The molecule has 1 fully saturated rings. The van der Waals surface area contributed by atoms with Crippen LogP contribution in [0.5, 0.6) is 5.75 Å². The summed E-state index contributed by atoms with van der Waals surface area (Å²) in [6.45, 7) is 2.99. The van der Waals surface area contributed by atoms with E-state index in [4.69, 9.17) is 21.1 Å². The fraction of sp³-hybridized carbons (Fsp3) is 0.409. The maximum atomic E-state index is 12.3. The van der Waals surface area contributed by atoms with E-state index in [1.807, 2.05) is 36.4 Å². The molecule has 6 heteroatoms. The first-order chi connectivity index (χ1) is 13.7. The van der Waals surface area contributed by atoms with Gasteiger partial charge in [0.05, 0.1) is 19.8 Å². The van der Waals surface area contributed by atoms with E-state index in [1.165, 1.54) is 18.4 Å². The minimum Gasteiger partial charge on any atom is -0.497 e. The first-order valence-corrected chi connectivity index (χ1v) is 10.0. The monoisotopic (exact) mass is 402 g/mol. The molecule has 1 amide bonds. The summed E-state index contributed by atoms with van der Waals surface area (Å²) in [6, 6.07) is 15.7. The molecule has 5 nitrogen and oxygen atoms in total. The molecule has 2 aromatic rings. The number of benzene rings is 2. The summed E-state index contributed by atoms with van der Waals surface area (Å²) in [7, 11) is 1.66. The lowest BCUT2D eigenvalue weighted by Gasteiger charge is -2.28. The van der Waals surface area contributed by atoms with Crippen LogP contribution in [0.1, 0.15) is 30.0 Å². The fourth-order valence-electron chi connectivity index (χ4n) is 3.47. The van der Waals surface area contributed by atoms with Gasteiger partial charge in [0.1, 0.15) is 12.4 Å². The quantitative estimate of drug-likeness (QED) is 0.692. The molecule has 0 aromatic heterocycles. The van der Waals surface area contributed by atoms with Gasteiger partial charge in [-0.15, -0.1) is 0 Å². The van der Waals surface area contributed by atoms with Gasteiger partial charge in [-0.1, -0.05) is 41.9 Å². The van der Waals surface area contributed by atoms with Crippen LogP contribution in [0.2, 0.25) is 5.02 Å². The number of likely N-dealkylation sites (tertiary alicyclic amines) is 1. The standard InChI is InChI=1S/C22H27ClN2O3/c1-27-19-10-8-17(9-11-19)21(25-12-4-5-13-25)14-24-22(26)16-28-15-18-6-2-3-7-20(18)23/h2-3,6-11,21H,4-5,12-16H2,1H3,(H,24,26). The molecule has 1 aliphatic heterocycles. The average molecular weight is 403 g/mol. The number of rotatable bonds is 9. The molecular weight excluding hydrogens is 376 g/mol. The van der Waals surface area contributed by atoms with E-state index >= 15 is 0 Å². The van der Waals surface area contributed by atoms with Crippen LogP contribution in [0.25, 0.3) is 0 Å². The van der Waals surface area contributed by atoms with Gasteiger partial charge in [-0.3, -0.25) is 9.69 Å². The molecule has 1 unspecified atom stereocenters. The SMILES string of the molecule is COc1ccc(C(CNC(=O)COCc2ccccc2Cl)N2CCCC2)cc1. The number of halogens is 1. The van der Waals surface area contributed by atoms with E-state index in [9.17, 15) is 4.79 Å². The number of ether oxygens (including phenoxy) is 2. The summed E-state index contributed by atoms with van der Waals surface area (Å²) in [5, 5.41) is 3.67. The van der Waals surface area contributed by atoms with Gasteiger partial charge in [-0.05, 0) is 55.3 Å². The molecule has 0 bridgehead atoms. The van der Waals surface area contributed by atoms with Crippen molar-refractivity contribution < 1.29 is 14.3 Å². The summed E-state index contributed by atoms with van der Waals surface area (Å²) in [4.78, 5) is 14.7. The number of nitrogens with one attached hydrogen (secondary N) is 1. The largest absolute Gasteiger partial charge is 0.497 e. The Morgan fingerprint density at radius 1 is 1.14 bits per heavy atom. The van der Waals surface area contributed by atoms with Gasteiger partial charge in [0.2, 0.25) is 5.91 Å². The van der Waals surface area contributed by atoms with Gasteiger partial charge in [0.25, 0.3) is 0 Å². The molecule has 0 saturated carbocycles. The highest BCUT2D eigenvalue weighted by atomic mass is 35.5. The van der Waals surface area contributed by atoms with Crippen LogP contribution in [-0.2, 0) is 16.1 Å². The second-order valence-electron chi connectivity index (χ2n) is 6.92.